The monoisotopic (exact) mass is 198 g/mol. The minimum absolute atomic E-state index is 0.0602. The van der Waals surface area contributed by atoms with Crippen LogP contribution in [0.25, 0.3) is 0 Å². The van der Waals surface area contributed by atoms with Crippen LogP contribution in [0.2, 0.25) is 0 Å². The average molecular weight is 198 g/mol. The van der Waals surface area contributed by atoms with E-state index in [9.17, 15) is 0 Å². The molecule has 1 rings (SSSR count). The van der Waals surface area contributed by atoms with Crippen molar-refractivity contribution < 1.29 is 0 Å². The Bertz CT molecular complexity index is 271. The quantitative estimate of drug-likeness (QED) is 0.793. The van der Waals surface area contributed by atoms with E-state index in [2.05, 4.69) is 31.1 Å². The van der Waals surface area contributed by atoms with E-state index in [4.69, 9.17) is 5.73 Å². The number of nitrogens with two attached hydrogens (primary N) is 1. The molecule has 74 valence electrons. The molecule has 3 heteroatoms. The van der Waals surface area contributed by atoms with E-state index in [1.54, 1.807) is 11.3 Å². The molecule has 0 spiro atoms. The molecule has 13 heavy (non-hydrogen) atoms. The Morgan fingerprint density at radius 3 is 2.54 bits per heavy atom. The zero-order valence-corrected chi connectivity index (χ0v) is 9.61. The van der Waals surface area contributed by atoms with Gasteiger partial charge in [-0.3, -0.25) is 0 Å². The van der Waals surface area contributed by atoms with Crippen molar-refractivity contribution in [2.24, 2.45) is 11.1 Å². The standard InChI is InChI=1S/C10H18N2S/c1-7(11)8-6-13-9(12-8)5-10(2,3)4/h6-7H,5,11H2,1-4H3. The first-order chi connectivity index (χ1) is 5.88. The second-order valence-electron chi connectivity index (χ2n) is 4.69. The minimum atomic E-state index is 0.0602. The van der Waals surface area contributed by atoms with Crippen LogP contribution in [0.5, 0.6) is 0 Å². The Morgan fingerprint density at radius 1 is 1.54 bits per heavy atom. The Hall–Kier alpha value is -0.410. The first-order valence-corrected chi connectivity index (χ1v) is 5.46. The molecular weight excluding hydrogens is 180 g/mol. The summed E-state index contributed by atoms with van der Waals surface area (Å²) in [5, 5.41) is 3.26. The van der Waals surface area contributed by atoms with Crippen molar-refractivity contribution in [3.05, 3.63) is 16.1 Å². The van der Waals surface area contributed by atoms with Crippen molar-refractivity contribution in [2.45, 2.75) is 40.2 Å². The van der Waals surface area contributed by atoms with Gasteiger partial charge in [-0.05, 0) is 12.3 Å². The molecule has 2 nitrogen and oxygen atoms in total. The third-order valence-corrected chi connectivity index (χ3v) is 2.58. The SMILES string of the molecule is CC(N)c1csc(CC(C)(C)C)n1. The minimum Gasteiger partial charge on any atom is -0.323 e. The average Bonchev–Trinajstić information content (AvgIpc) is 2.31. The molecule has 0 aliphatic rings. The number of aromatic nitrogens is 1. The molecule has 0 saturated heterocycles. The molecule has 0 radical (unpaired) electrons. The summed E-state index contributed by atoms with van der Waals surface area (Å²) in [7, 11) is 0. The van der Waals surface area contributed by atoms with Gasteiger partial charge >= 0.3 is 0 Å². The summed E-state index contributed by atoms with van der Waals surface area (Å²) < 4.78 is 0. The van der Waals surface area contributed by atoms with Gasteiger partial charge in [-0.15, -0.1) is 11.3 Å². The Kier molecular flexibility index (Phi) is 3.09. The van der Waals surface area contributed by atoms with Crippen molar-refractivity contribution in [3.63, 3.8) is 0 Å². The molecule has 1 heterocycles. The summed E-state index contributed by atoms with van der Waals surface area (Å²) in [5.41, 5.74) is 7.07. The first kappa shape index (κ1) is 10.7. The van der Waals surface area contributed by atoms with Gasteiger partial charge in [0.05, 0.1) is 10.7 Å². The fourth-order valence-corrected chi connectivity index (χ4v) is 2.27. The maximum Gasteiger partial charge on any atom is 0.0934 e. The van der Waals surface area contributed by atoms with E-state index < -0.39 is 0 Å². The van der Waals surface area contributed by atoms with Gasteiger partial charge in [0.2, 0.25) is 0 Å². The van der Waals surface area contributed by atoms with E-state index in [0.29, 0.717) is 5.41 Å². The fourth-order valence-electron chi connectivity index (χ4n) is 1.07. The molecule has 0 fully saturated rings. The van der Waals surface area contributed by atoms with Crippen molar-refractivity contribution in [1.82, 2.24) is 4.98 Å². The lowest BCUT2D eigenvalue weighted by Gasteiger charge is -2.15. The number of hydrogen-bond donors (Lipinski definition) is 1. The smallest absolute Gasteiger partial charge is 0.0934 e. The molecule has 0 bridgehead atoms. The topological polar surface area (TPSA) is 38.9 Å². The summed E-state index contributed by atoms with van der Waals surface area (Å²) in [5.74, 6) is 0. The lowest BCUT2D eigenvalue weighted by Crippen LogP contribution is -2.10. The van der Waals surface area contributed by atoms with Crippen LogP contribution in [0, 0.1) is 5.41 Å². The number of hydrogen-bond acceptors (Lipinski definition) is 3. The largest absolute Gasteiger partial charge is 0.323 e. The predicted octanol–water partition coefficient (Wildman–Crippen LogP) is 2.75. The maximum atomic E-state index is 5.73. The Labute approximate surface area is 84.2 Å². The van der Waals surface area contributed by atoms with Gasteiger partial charge in [0, 0.05) is 17.8 Å². The lowest BCUT2D eigenvalue weighted by molar-refractivity contribution is 0.410. The molecular formula is C10H18N2S. The van der Waals surface area contributed by atoms with Gasteiger partial charge in [-0.2, -0.15) is 0 Å². The van der Waals surface area contributed by atoms with Gasteiger partial charge < -0.3 is 5.73 Å². The van der Waals surface area contributed by atoms with Gasteiger partial charge in [0.15, 0.2) is 0 Å². The van der Waals surface area contributed by atoms with Crippen molar-refractivity contribution >= 4 is 11.3 Å². The summed E-state index contributed by atoms with van der Waals surface area (Å²) in [6.07, 6.45) is 1.03. The third-order valence-electron chi connectivity index (χ3n) is 1.72. The third kappa shape index (κ3) is 3.44. The molecule has 1 unspecified atom stereocenters. The molecule has 0 aliphatic heterocycles. The molecule has 2 N–H and O–H groups in total. The van der Waals surface area contributed by atoms with Crippen molar-refractivity contribution in [2.75, 3.05) is 0 Å². The summed E-state index contributed by atoms with van der Waals surface area (Å²) in [6, 6.07) is 0.0602. The Morgan fingerprint density at radius 2 is 2.15 bits per heavy atom. The van der Waals surface area contributed by atoms with Crippen LogP contribution in [0.3, 0.4) is 0 Å². The van der Waals surface area contributed by atoms with E-state index in [1.165, 1.54) is 5.01 Å². The molecule has 1 aromatic rings. The molecule has 1 aromatic heterocycles. The maximum absolute atomic E-state index is 5.73. The van der Waals surface area contributed by atoms with Gasteiger partial charge in [0.25, 0.3) is 0 Å². The van der Waals surface area contributed by atoms with Crippen LogP contribution in [0.15, 0.2) is 5.38 Å². The number of rotatable bonds is 2. The summed E-state index contributed by atoms with van der Waals surface area (Å²) >= 11 is 1.71. The van der Waals surface area contributed by atoms with Crippen LogP contribution in [0.1, 0.15) is 44.4 Å². The van der Waals surface area contributed by atoms with Gasteiger partial charge in [-0.1, -0.05) is 20.8 Å². The van der Waals surface area contributed by atoms with E-state index in [-0.39, 0.29) is 6.04 Å². The van der Waals surface area contributed by atoms with Gasteiger partial charge in [-0.25, -0.2) is 4.98 Å². The van der Waals surface area contributed by atoms with Crippen LogP contribution in [-0.4, -0.2) is 4.98 Å². The van der Waals surface area contributed by atoms with Crippen LogP contribution in [0.4, 0.5) is 0 Å². The first-order valence-electron chi connectivity index (χ1n) is 4.58. The summed E-state index contributed by atoms with van der Waals surface area (Å²) in [4.78, 5) is 4.49. The zero-order chi connectivity index (χ0) is 10.1. The lowest BCUT2D eigenvalue weighted by atomic mass is 9.93. The normalized spacial score (nSPS) is 14.5. The summed E-state index contributed by atoms with van der Waals surface area (Å²) in [6.45, 7) is 8.63. The highest BCUT2D eigenvalue weighted by atomic mass is 32.1. The van der Waals surface area contributed by atoms with Crippen LogP contribution >= 0.6 is 11.3 Å². The molecule has 0 amide bonds. The molecule has 0 aromatic carbocycles. The van der Waals surface area contributed by atoms with Crippen LogP contribution < -0.4 is 5.73 Å². The molecule has 1 atom stereocenters. The van der Waals surface area contributed by atoms with Crippen molar-refractivity contribution in [1.29, 1.82) is 0 Å². The predicted molar refractivity (Wildman–Crippen MR) is 57.9 cm³/mol. The highest BCUT2D eigenvalue weighted by molar-refractivity contribution is 7.09. The van der Waals surface area contributed by atoms with E-state index in [0.717, 1.165) is 12.1 Å². The molecule has 0 aliphatic carbocycles. The fraction of sp³-hybridized carbons (Fsp3) is 0.700. The van der Waals surface area contributed by atoms with E-state index in [1.807, 2.05) is 6.92 Å². The number of nitrogens with zero attached hydrogens (tertiary/aromatic N) is 1. The zero-order valence-electron chi connectivity index (χ0n) is 8.79. The van der Waals surface area contributed by atoms with Crippen LogP contribution in [-0.2, 0) is 6.42 Å². The van der Waals surface area contributed by atoms with Crippen molar-refractivity contribution in [3.8, 4) is 0 Å². The highest BCUT2D eigenvalue weighted by Crippen LogP contribution is 2.24. The Balaban J connectivity index is 2.70. The number of thiazole rings is 1. The van der Waals surface area contributed by atoms with Gasteiger partial charge in [0.1, 0.15) is 0 Å². The van der Waals surface area contributed by atoms with E-state index >= 15 is 0 Å². The highest BCUT2D eigenvalue weighted by Gasteiger charge is 2.14. The molecule has 0 saturated carbocycles. The second kappa shape index (κ2) is 3.76. The second-order valence-corrected chi connectivity index (χ2v) is 5.63.